The van der Waals surface area contributed by atoms with Crippen molar-refractivity contribution in [2.75, 3.05) is 39.6 Å². The maximum atomic E-state index is 13.0. The highest BCUT2D eigenvalue weighted by Gasteiger charge is 2.30. The lowest BCUT2D eigenvalue weighted by Crippen LogP contribution is -2.30. The molecule has 0 saturated carbocycles. The molecule has 3 N–H and O–H groups in total. The fourth-order valence-corrected chi connectivity index (χ4v) is 12.2. The molecular weight excluding hydrogens is 1170 g/mol. The van der Waals surface area contributed by atoms with Crippen molar-refractivity contribution < 1.29 is 80.2 Å². The van der Waals surface area contributed by atoms with Gasteiger partial charge in [-0.15, -0.1) is 0 Å². The number of phosphoric ester groups is 2. The number of carbonyl (C=O) groups is 4. The van der Waals surface area contributed by atoms with Gasteiger partial charge in [0, 0.05) is 25.7 Å². The predicted molar refractivity (Wildman–Crippen MR) is 358 cm³/mol. The number of hydrogen-bond acceptors (Lipinski definition) is 15. The van der Waals surface area contributed by atoms with Gasteiger partial charge in [0.05, 0.1) is 26.4 Å². The summed E-state index contributed by atoms with van der Waals surface area (Å²) in [4.78, 5) is 72.1. The van der Waals surface area contributed by atoms with E-state index in [0.29, 0.717) is 25.7 Å². The summed E-state index contributed by atoms with van der Waals surface area (Å²) in [6.45, 7) is 7.20. The van der Waals surface area contributed by atoms with Crippen molar-refractivity contribution in [3.05, 3.63) is 0 Å². The van der Waals surface area contributed by atoms with Gasteiger partial charge in [-0.1, -0.05) is 311 Å². The van der Waals surface area contributed by atoms with Crippen LogP contribution in [0, 0.1) is 5.92 Å². The van der Waals surface area contributed by atoms with Crippen molar-refractivity contribution in [1.29, 1.82) is 0 Å². The monoisotopic (exact) mass is 1310 g/mol. The number of hydrogen-bond donors (Lipinski definition) is 3. The fourth-order valence-electron chi connectivity index (χ4n) is 10.6. The first-order chi connectivity index (χ1) is 43.1. The first kappa shape index (κ1) is 87.1. The molecule has 19 heteroatoms. The number of ether oxygens (including phenoxy) is 4. The quantitative estimate of drug-likeness (QED) is 0.0222. The van der Waals surface area contributed by atoms with E-state index in [-0.39, 0.29) is 25.7 Å². The number of unbranched alkanes of at least 4 members (excludes halogenated alkanes) is 41. The smallest absolute Gasteiger partial charge is 0.462 e. The van der Waals surface area contributed by atoms with E-state index < -0.39 is 97.5 Å². The molecule has 89 heavy (non-hydrogen) atoms. The molecule has 0 aromatic carbocycles. The van der Waals surface area contributed by atoms with Crippen molar-refractivity contribution in [2.45, 2.75) is 380 Å². The highest BCUT2D eigenvalue weighted by Crippen LogP contribution is 2.45. The SMILES string of the molecule is CCCCCCCCCCCCCCCC(=O)OC[C@H](COP(=O)(O)OC[C@@H](O)COP(=O)(O)OC[C@@H](COC(=O)CCCCCCC)OC(=O)CCCCCCCCCCC)OC(=O)CCCCCCCCCCCCCCCCCCCCC(C)CC. The number of phosphoric acid groups is 2. The third-order valence-electron chi connectivity index (χ3n) is 16.6. The van der Waals surface area contributed by atoms with Crippen LogP contribution in [-0.2, 0) is 65.4 Å². The molecule has 0 saturated heterocycles. The first-order valence-corrected chi connectivity index (χ1v) is 39.7. The zero-order chi connectivity index (χ0) is 65.6. The minimum absolute atomic E-state index is 0.105. The molecule has 0 heterocycles. The van der Waals surface area contributed by atoms with Crippen molar-refractivity contribution in [1.82, 2.24) is 0 Å². The van der Waals surface area contributed by atoms with Crippen molar-refractivity contribution >= 4 is 39.5 Å². The number of esters is 4. The third-order valence-corrected chi connectivity index (χ3v) is 18.5. The van der Waals surface area contributed by atoms with Crippen LogP contribution in [0.2, 0.25) is 0 Å². The standard InChI is InChI=1S/C70H136O17P2/c1-6-10-13-16-18-20-21-28-32-36-39-44-49-54-68(73)81-60-66(87-70(75)56-51-46-41-37-33-30-27-25-23-22-24-26-29-31-35-38-43-47-52-63(5)9-4)62-85-89(78,79)83-58-64(71)57-82-88(76,77)84-61-65(59-80-67(72)53-48-42-15-12-8-3)86-69(74)55-50-45-40-34-19-17-14-11-7-2/h63-66,71H,6-62H2,1-5H3,(H,76,77)(H,78,79)/t63?,64-,65+,66+/m0/s1. The van der Waals surface area contributed by atoms with E-state index in [0.717, 1.165) is 102 Å². The summed E-state index contributed by atoms with van der Waals surface area (Å²) in [7, 11) is -9.88. The average Bonchev–Trinajstić information content (AvgIpc) is 3.66. The van der Waals surface area contributed by atoms with Gasteiger partial charge < -0.3 is 33.8 Å². The second-order valence-electron chi connectivity index (χ2n) is 25.5. The van der Waals surface area contributed by atoms with Crippen LogP contribution < -0.4 is 0 Å². The van der Waals surface area contributed by atoms with Crippen LogP contribution in [0.25, 0.3) is 0 Å². The first-order valence-electron chi connectivity index (χ1n) is 36.7. The molecule has 6 atom stereocenters. The van der Waals surface area contributed by atoms with Gasteiger partial charge >= 0.3 is 39.5 Å². The Kier molecular flexibility index (Phi) is 62.1. The Hall–Kier alpha value is -1.94. The fraction of sp³-hybridized carbons (Fsp3) is 0.943. The Morgan fingerprint density at radius 1 is 0.315 bits per heavy atom. The van der Waals surface area contributed by atoms with Gasteiger partial charge in [0.15, 0.2) is 12.2 Å². The highest BCUT2D eigenvalue weighted by atomic mass is 31.2. The van der Waals surface area contributed by atoms with Gasteiger partial charge in [-0.05, 0) is 31.6 Å². The van der Waals surface area contributed by atoms with E-state index >= 15 is 0 Å². The summed E-state index contributed by atoms with van der Waals surface area (Å²) in [5.41, 5.74) is 0. The molecule has 17 nitrogen and oxygen atoms in total. The molecule has 0 radical (unpaired) electrons. The minimum Gasteiger partial charge on any atom is -0.462 e. The molecule has 0 bridgehead atoms. The van der Waals surface area contributed by atoms with Crippen LogP contribution in [0.15, 0.2) is 0 Å². The Morgan fingerprint density at radius 3 is 0.798 bits per heavy atom. The van der Waals surface area contributed by atoms with E-state index in [9.17, 15) is 43.2 Å². The average molecular weight is 1310 g/mol. The van der Waals surface area contributed by atoms with Gasteiger partial charge in [-0.3, -0.25) is 37.3 Å². The predicted octanol–water partition coefficient (Wildman–Crippen LogP) is 20.1. The molecule has 0 aliphatic rings. The number of rotatable bonds is 70. The summed E-state index contributed by atoms with van der Waals surface area (Å²) in [6, 6.07) is 0. The van der Waals surface area contributed by atoms with Gasteiger partial charge in [0.2, 0.25) is 0 Å². The van der Waals surface area contributed by atoms with Gasteiger partial charge in [0.25, 0.3) is 0 Å². The highest BCUT2D eigenvalue weighted by molar-refractivity contribution is 7.47. The van der Waals surface area contributed by atoms with Crippen LogP contribution in [0.4, 0.5) is 0 Å². The van der Waals surface area contributed by atoms with Gasteiger partial charge in [0.1, 0.15) is 19.3 Å². The second kappa shape index (κ2) is 63.5. The summed E-state index contributed by atoms with van der Waals surface area (Å²) in [5, 5.41) is 10.5. The third kappa shape index (κ3) is 63.2. The van der Waals surface area contributed by atoms with Crippen LogP contribution in [0.5, 0.6) is 0 Å². The zero-order valence-corrected chi connectivity index (χ0v) is 59.4. The molecule has 0 amide bonds. The molecule has 0 aromatic rings. The summed E-state index contributed by atoms with van der Waals surface area (Å²) in [6.07, 6.45) is 50.4. The number of aliphatic hydroxyl groups is 1. The Bertz CT molecular complexity index is 1720. The Morgan fingerprint density at radius 2 is 0.539 bits per heavy atom. The second-order valence-corrected chi connectivity index (χ2v) is 28.4. The van der Waals surface area contributed by atoms with E-state index in [1.165, 1.54) is 180 Å². The lowest BCUT2D eigenvalue weighted by Gasteiger charge is -2.21. The van der Waals surface area contributed by atoms with Crippen molar-refractivity contribution in [2.24, 2.45) is 5.92 Å². The molecule has 528 valence electrons. The molecule has 0 aliphatic carbocycles. The van der Waals surface area contributed by atoms with E-state index in [1.807, 2.05) is 0 Å². The van der Waals surface area contributed by atoms with E-state index in [1.54, 1.807) is 0 Å². The van der Waals surface area contributed by atoms with Crippen LogP contribution in [0.3, 0.4) is 0 Å². The lowest BCUT2D eigenvalue weighted by atomic mass is 9.99. The molecule has 0 fully saturated rings. The van der Waals surface area contributed by atoms with Gasteiger partial charge in [-0.2, -0.15) is 0 Å². The lowest BCUT2D eigenvalue weighted by molar-refractivity contribution is -0.161. The minimum atomic E-state index is -4.95. The van der Waals surface area contributed by atoms with Crippen molar-refractivity contribution in [3.63, 3.8) is 0 Å². The maximum absolute atomic E-state index is 13.0. The molecule has 0 spiro atoms. The molecule has 3 unspecified atom stereocenters. The summed E-state index contributed by atoms with van der Waals surface area (Å²) in [5.74, 6) is -1.26. The zero-order valence-electron chi connectivity index (χ0n) is 57.6. The number of aliphatic hydroxyl groups excluding tert-OH is 1. The molecule has 0 rings (SSSR count). The molecule has 0 aromatic heterocycles. The van der Waals surface area contributed by atoms with E-state index in [2.05, 4.69) is 34.6 Å². The largest absolute Gasteiger partial charge is 0.472 e. The normalized spacial score (nSPS) is 14.4. The maximum Gasteiger partial charge on any atom is 0.472 e. The Balaban J connectivity index is 5.08. The summed E-state index contributed by atoms with van der Waals surface area (Å²) >= 11 is 0. The van der Waals surface area contributed by atoms with Crippen LogP contribution in [-0.4, -0.2) is 96.7 Å². The van der Waals surface area contributed by atoms with Gasteiger partial charge in [-0.25, -0.2) is 9.13 Å². The summed E-state index contributed by atoms with van der Waals surface area (Å²) < 4.78 is 68.0. The van der Waals surface area contributed by atoms with E-state index in [4.69, 9.17) is 37.0 Å². The topological polar surface area (TPSA) is 237 Å². The molecule has 0 aliphatic heterocycles. The number of carbonyl (C=O) groups excluding carboxylic acids is 4. The van der Waals surface area contributed by atoms with Crippen LogP contribution >= 0.6 is 15.6 Å². The van der Waals surface area contributed by atoms with Crippen LogP contribution in [0.1, 0.15) is 362 Å². The van der Waals surface area contributed by atoms with Crippen molar-refractivity contribution in [3.8, 4) is 0 Å². The Labute approximate surface area is 543 Å². The molecular formula is C70H136O17P2.